The lowest BCUT2D eigenvalue weighted by Crippen LogP contribution is -2.31. The molecule has 3 aromatic rings. The zero-order chi connectivity index (χ0) is 19.4. The number of methoxy groups -OCH3 is 1. The van der Waals surface area contributed by atoms with E-state index in [1.165, 1.54) is 28.5 Å². The van der Waals surface area contributed by atoms with Crippen LogP contribution in [0.2, 0.25) is 0 Å². The van der Waals surface area contributed by atoms with Crippen LogP contribution in [0.1, 0.15) is 0 Å². The average molecular weight is 389 g/mol. The van der Waals surface area contributed by atoms with Gasteiger partial charge in [-0.15, -0.1) is 5.10 Å². The highest BCUT2D eigenvalue weighted by Crippen LogP contribution is 2.15. The lowest BCUT2D eigenvalue weighted by atomic mass is 10.3. The summed E-state index contributed by atoms with van der Waals surface area (Å²) in [4.78, 5) is 16.4. The molecule has 0 saturated heterocycles. The lowest BCUT2D eigenvalue weighted by molar-refractivity contribution is 0.414. The SMILES string of the molecule is COc1ccc(S(=O)(=O)NCCn2nc(-c3cccnc3)n(C)c2=O)cc1. The number of rotatable bonds is 7. The molecule has 1 N–H and O–H groups in total. The first-order valence-corrected chi connectivity index (χ1v) is 9.58. The van der Waals surface area contributed by atoms with E-state index < -0.39 is 10.0 Å². The number of hydrogen-bond acceptors (Lipinski definition) is 6. The topological polar surface area (TPSA) is 108 Å². The minimum absolute atomic E-state index is 0.0256. The summed E-state index contributed by atoms with van der Waals surface area (Å²) >= 11 is 0. The van der Waals surface area contributed by atoms with E-state index in [1.54, 1.807) is 43.7 Å². The van der Waals surface area contributed by atoms with Crippen LogP contribution in [0.4, 0.5) is 0 Å². The number of sulfonamides is 1. The fourth-order valence-corrected chi connectivity index (χ4v) is 3.53. The van der Waals surface area contributed by atoms with Gasteiger partial charge in [0.15, 0.2) is 5.82 Å². The van der Waals surface area contributed by atoms with E-state index in [-0.39, 0.29) is 23.7 Å². The molecule has 0 saturated carbocycles. The van der Waals surface area contributed by atoms with Gasteiger partial charge in [-0.25, -0.2) is 22.6 Å². The summed E-state index contributed by atoms with van der Waals surface area (Å²) < 4.78 is 34.8. The molecule has 0 aliphatic carbocycles. The van der Waals surface area contributed by atoms with Crippen molar-refractivity contribution < 1.29 is 13.2 Å². The average Bonchev–Trinajstić information content (AvgIpc) is 2.97. The zero-order valence-corrected chi connectivity index (χ0v) is 15.7. The Morgan fingerprint density at radius 3 is 2.56 bits per heavy atom. The molecule has 0 radical (unpaired) electrons. The zero-order valence-electron chi connectivity index (χ0n) is 14.9. The number of nitrogens with zero attached hydrogens (tertiary/aromatic N) is 4. The van der Waals surface area contributed by atoms with Gasteiger partial charge in [0.2, 0.25) is 10.0 Å². The Balaban J connectivity index is 1.71. The standard InChI is InChI=1S/C17H19N5O4S/c1-21-16(13-4-3-9-18-12-13)20-22(17(21)23)11-10-19-27(24,25)15-7-5-14(26-2)6-8-15/h3-9,12,19H,10-11H2,1-2H3. The highest BCUT2D eigenvalue weighted by atomic mass is 32.2. The molecule has 3 rings (SSSR count). The van der Waals surface area contributed by atoms with Crippen molar-refractivity contribution >= 4 is 10.0 Å². The predicted molar refractivity (Wildman–Crippen MR) is 98.9 cm³/mol. The summed E-state index contributed by atoms with van der Waals surface area (Å²) in [5, 5.41) is 4.27. The van der Waals surface area contributed by atoms with Crippen LogP contribution in [0.5, 0.6) is 5.75 Å². The van der Waals surface area contributed by atoms with Gasteiger partial charge >= 0.3 is 5.69 Å². The molecule has 0 atom stereocenters. The van der Waals surface area contributed by atoms with E-state index in [9.17, 15) is 13.2 Å². The summed E-state index contributed by atoms with van der Waals surface area (Å²) in [6.45, 7) is 0.125. The van der Waals surface area contributed by atoms with Crippen LogP contribution in [-0.4, -0.2) is 41.4 Å². The molecule has 142 valence electrons. The summed E-state index contributed by atoms with van der Waals surface area (Å²) in [7, 11) is -0.576. The van der Waals surface area contributed by atoms with Crippen LogP contribution < -0.4 is 15.1 Å². The summed E-state index contributed by atoms with van der Waals surface area (Å²) in [5.74, 6) is 1.03. The molecular formula is C17H19N5O4S. The first-order valence-electron chi connectivity index (χ1n) is 8.10. The third kappa shape index (κ3) is 4.07. The first-order chi connectivity index (χ1) is 12.9. The van der Waals surface area contributed by atoms with Gasteiger partial charge in [0.05, 0.1) is 18.6 Å². The summed E-state index contributed by atoms with van der Waals surface area (Å²) in [6, 6.07) is 9.59. The first kappa shape index (κ1) is 18.8. The molecule has 0 spiro atoms. The quantitative estimate of drug-likeness (QED) is 0.635. The van der Waals surface area contributed by atoms with Gasteiger partial charge in [0, 0.05) is 31.5 Å². The van der Waals surface area contributed by atoms with Crippen LogP contribution in [0.3, 0.4) is 0 Å². The number of ether oxygens (including phenoxy) is 1. The van der Waals surface area contributed by atoms with E-state index in [2.05, 4.69) is 14.8 Å². The predicted octanol–water partition coefficient (Wildman–Crippen LogP) is 0.631. The second-order valence-corrected chi connectivity index (χ2v) is 7.47. The van der Waals surface area contributed by atoms with Crippen molar-refractivity contribution in [2.24, 2.45) is 7.05 Å². The second-order valence-electron chi connectivity index (χ2n) is 5.70. The molecule has 9 nitrogen and oxygen atoms in total. The van der Waals surface area contributed by atoms with E-state index in [4.69, 9.17) is 4.74 Å². The van der Waals surface area contributed by atoms with Crippen molar-refractivity contribution in [2.75, 3.05) is 13.7 Å². The van der Waals surface area contributed by atoms with Crippen molar-refractivity contribution in [3.63, 3.8) is 0 Å². The maximum absolute atomic E-state index is 12.3. The van der Waals surface area contributed by atoms with Crippen LogP contribution in [0.15, 0.2) is 58.5 Å². The fourth-order valence-electron chi connectivity index (χ4n) is 2.50. The van der Waals surface area contributed by atoms with Gasteiger partial charge in [0.25, 0.3) is 0 Å². The molecule has 0 aliphatic heterocycles. The smallest absolute Gasteiger partial charge is 0.345 e. The Morgan fingerprint density at radius 1 is 1.19 bits per heavy atom. The Labute approximate surface area is 156 Å². The number of benzene rings is 1. The number of hydrogen-bond donors (Lipinski definition) is 1. The third-order valence-corrected chi connectivity index (χ3v) is 5.42. The Bertz CT molecular complexity index is 1070. The van der Waals surface area contributed by atoms with Crippen molar-refractivity contribution in [3.8, 4) is 17.1 Å². The number of aromatic nitrogens is 4. The van der Waals surface area contributed by atoms with Crippen LogP contribution in [-0.2, 0) is 23.6 Å². The maximum Gasteiger partial charge on any atom is 0.345 e. The summed E-state index contributed by atoms with van der Waals surface area (Å²) in [6.07, 6.45) is 3.24. The molecular weight excluding hydrogens is 370 g/mol. The molecule has 2 aromatic heterocycles. The van der Waals surface area contributed by atoms with Gasteiger partial charge in [-0.05, 0) is 36.4 Å². The Hall–Kier alpha value is -2.98. The van der Waals surface area contributed by atoms with Crippen molar-refractivity contribution in [1.82, 2.24) is 24.1 Å². The van der Waals surface area contributed by atoms with Crippen molar-refractivity contribution in [1.29, 1.82) is 0 Å². The highest BCUT2D eigenvalue weighted by Gasteiger charge is 2.15. The molecule has 1 aromatic carbocycles. The summed E-state index contributed by atoms with van der Waals surface area (Å²) in [5.41, 5.74) is 0.368. The molecule has 27 heavy (non-hydrogen) atoms. The Kier molecular flexibility index (Phi) is 5.38. The van der Waals surface area contributed by atoms with Gasteiger partial charge in [-0.2, -0.15) is 0 Å². The van der Waals surface area contributed by atoms with Crippen molar-refractivity contribution in [2.45, 2.75) is 11.4 Å². The van der Waals surface area contributed by atoms with Crippen molar-refractivity contribution in [3.05, 3.63) is 59.3 Å². The molecule has 0 aliphatic rings. The van der Waals surface area contributed by atoms with E-state index in [0.717, 1.165) is 0 Å². The van der Waals surface area contributed by atoms with Gasteiger partial charge < -0.3 is 4.74 Å². The molecule has 0 bridgehead atoms. The monoisotopic (exact) mass is 389 g/mol. The lowest BCUT2D eigenvalue weighted by Gasteiger charge is -2.07. The number of pyridine rings is 1. The van der Waals surface area contributed by atoms with Crippen LogP contribution in [0, 0.1) is 0 Å². The van der Waals surface area contributed by atoms with E-state index in [0.29, 0.717) is 17.1 Å². The Morgan fingerprint density at radius 2 is 1.93 bits per heavy atom. The number of nitrogens with one attached hydrogen (secondary N) is 1. The van der Waals surface area contributed by atoms with Gasteiger partial charge in [0.1, 0.15) is 5.75 Å². The van der Waals surface area contributed by atoms with E-state index in [1.807, 2.05) is 0 Å². The molecule has 0 unspecified atom stereocenters. The van der Waals surface area contributed by atoms with Crippen LogP contribution in [0.25, 0.3) is 11.4 Å². The molecule has 0 amide bonds. The largest absolute Gasteiger partial charge is 0.497 e. The minimum atomic E-state index is -3.69. The highest BCUT2D eigenvalue weighted by molar-refractivity contribution is 7.89. The molecule has 0 fully saturated rings. The molecule has 2 heterocycles. The van der Waals surface area contributed by atoms with Gasteiger partial charge in [-0.3, -0.25) is 9.55 Å². The van der Waals surface area contributed by atoms with E-state index >= 15 is 0 Å². The molecule has 10 heteroatoms. The normalized spacial score (nSPS) is 11.5. The second kappa shape index (κ2) is 7.72. The fraction of sp³-hybridized carbons (Fsp3) is 0.235. The van der Waals surface area contributed by atoms with Crippen LogP contribution >= 0.6 is 0 Å². The minimum Gasteiger partial charge on any atom is -0.497 e. The van der Waals surface area contributed by atoms with Gasteiger partial charge in [-0.1, -0.05) is 0 Å². The maximum atomic E-state index is 12.3. The third-order valence-electron chi connectivity index (χ3n) is 3.95.